The number of hydrogen-bond acceptors (Lipinski definition) is 3. The van der Waals surface area contributed by atoms with Gasteiger partial charge in [0, 0.05) is 16.3 Å². The second-order valence-electron chi connectivity index (χ2n) is 4.42. The molecule has 96 valence electrons. The Hall–Kier alpha value is -1.94. The third-order valence-electron chi connectivity index (χ3n) is 3.00. The molecule has 2 aromatic rings. The first kappa shape index (κ1) is 12.1. The summed E-state index contributed by atoms with van der Waals surface area (Å²) in [5, 5.41) is 3.86. The second kappa shape index (κ2) is 4.63. The summed E-state index contributed by atoms with van der Waals surface area (Å²) in [7, 11) is 0. The molecule has 1 aromatic heterocycles. The van der Waals surface area contributed by atoms with Crippen molar-refractivity contribution >= 4 is 23.1 Å². The zero-order valence-electron chi connectivity index (χ0n) is 10.2. The first-order valence-electron chi connectivity index (χ1n) is 5.86. The van der Waals surface area contributed by atoms with Crippen molar-refractivity contribution in [1.82, 2.24) is 4.98 Å². The SMILES string of the molecule is Cc1ccc(NC2=NCc3cc(F)cnc32)cc1Cl. The molecule has 0 unspecified atom stereocenters. The molecule has 2 heterocycles. The summed E-state index contributed by atoms with van der Waals surface area (Å²) in [5.74, 6) is 0.309. The summed E-state index contributed by atoms with van der Waals surface area (Å²) in [6.45, 7) is 2.39. The fraction of sp³-hybridized carbons (Fsp3) is 0.143. The molecule has 1 aliphatic rings. The highest BCUT2D eigenvalue weighted by molar-refractivity contribution is 6.31. The van der Waals surface area contributed by atoms with Crippen LogP contribution in [0.4, 0.5) is 10.1 Å². The lowest BCUT2D eigenvalue weighted by Crippen LogP contribution is -2.13. The molecule has 0 saturated heterocycles. The van der Waals surface area contributed by atoms with Crippen LogP contribution in [-0.4, -0.2) is 10.8 Å². The summed E-state index contributed by atoms with van der Waals surface area (Å²) in [6, 6.07) is 7.15. The van der Waals surface area contributed by atoms with Crippen LogP contribution < -0.4 is 5.32 Å². The van der Waals surface area contributed by atoms with Gasteiger partial charge in [-0.2, -0.15) is 0 Å². The van der Waals surface area contributed by atoms with Crippen molar-refractivity contribution in [3.8, 4) is 0 Å². The van der Waals surface area contributed by atoms with Crippen LogP contribution in [0.15, 0.2) is 35.5 Å². The van der Waals surface area contributed by atoms with E-state index in [9.17, 15) is 4.39 Å². The van der Waals surface area contributed by atoms with Crippen LogP contribution in [0.25, 0.3) is 0 Å². The normalized spacial score (nSPS) is 13.1. The first-order chi connectivity index (χ1) is 9.13. The Morgan fingerprint density at radius 1 is 1.32 bits per heavy atom. The fourth-order valence-electron chi connectivity index (χ4n) is 1.96. The van der Waals surface area contributed by atoms with Gasteiger partial charge in [-0.05, 0) is 30.7 Å². The summed E-state index contributed by atoms with van der Waals surface area (Å²) < 4.78 is 13.1. The van der Waals surface area contributed by atoms with Crippen molar-refractivity contribution in [1.29, 1.82) is 0 Å². The highest BCUT2D eigenvalue weighted by atomic mass is 35.5. The molecule has 3 nitrogen and oxygen atoms in total. The number of aryl methyl sites for hydroxylation is 1. The largest absolute Gasteiger partial charge is 0.339 e. The topological polar surface area (TPSA) is 37.3 Å². The van der Waals surface area contributed by atoms with Gasteiger partial charge in [-0.3, -0.25) is 4.99 Å². The van der Waals surface area contributed by atoms with Crippen LogP contribution in [0.1, 0.15) is 16.8 Å². The van der Waals surface area contributed by atoms with Crippen LogP contribution >= 0.6 is 11.6 Å². The molecule has 0 fully saturated rings. The fourth-order valence-corrected chi connectivity index (χ4v) is 2.14. The number of nitrogens with one attached hydrogen (secondary N) is 1. The Balaban J connectivity index is 1.88. The Morgan fingerprint density at radius 2 is 2.16 bits per heavy atom. The minimum atomic E-state index is -0.339. The minimum absolute atomic E-state index is 0.339. The molecular formula is C14H11ClFN3. The van der Waals surface area contributed by atoms with Gasteiger partial charge in [0.2, 0.25) is 0 Å². The van der Waals surface area contributed by atoms with E-state index < -0.39 is 0 Å². The number of halogens is 2. The van der Waals surface area contributed by atoms with Crippen molar-refractivity contribution < 1.29 is 4.39 Å². The molecule has 1 aromatic carbocycles. The predicted octanol–water partition coefficient (Wildman–Crippen LogP) is 3.55. The molecule has 1 aliphatic heterocycles. The van der Waals surface area contributed by atoms with Crippen molar-refractivity contribution in [3.63, 3.8) is 0 Å². The molecule has 0 amide bonds. The average molecular weight is 276 g/mol. The molecule has 0 bridgehead atoms. The maximum absolute atomic E-state index is 13.1. The third kappa shape index (κ3) is 2.31. The lowest BCUT2D eigenvalue weighted by molar-refractivity contribution is 0.619. The number of aromatic nitrogens is 1. The number of rotatable bonds is 1. The van der Waals surface area contributed by atoms with Gasteiger partial charge < -0.3 is 5.32 Å². The molecule has 0 radical (unpaired) electrons. The average Bonchev–Trinajstić information content (AvgIpc) is 2.76. The number of benzene rings is 1. The van der Waals surface area contributed by atoms with Gasteiger partial charge in [0.1, 0.15) is 11.5 Å². The van der Waals surface area contributed by atoms with E-state index in [2.05, 4.69) is 15.3 Å². The molecule has 1 N–H and O–H groups in total. The smallest absolute Gasteiger partial charge is 0.152 e. The molecular weight excluding hydrogens is 265 g/mol. The standard InChI is InChI=1S/C14H11ClFN3/c1-8-2-3-11(5-12(8)15)19-14-13-9(6-18-14)4-10(16)7-17-13/h2-5,7H,6H2,1H3,(H,18,19). The van der Waals surface area contributed by atoms with Crippen LogP contribution in [-0.2, 0) is 6.54 Å². The summed E-state index contributed by atoms with van der Waals surface area (Å²) in [6.07, 6.45) is 1.20. The van der Waals surface area contributed by atoms with E-state index in [1.807, 2.05) is 25.1 Å². The third-order valence-corrected chi connectivity index (χ3v) is 3.41. The number of amidine groups is 1. The molecule has 5 heteroatoms. The lowest BCUT2D eigenvalue weighted by Gasteiger charge is -2.08. The van der Waals surface area contributed by atoms with Gasteiger partial charge in [0.15, 0.2) is 5.84 Å². The molecule has 0 aliphatic carbocycles. The highest BCUT2D eigenvalue weighted by Gasteiger charge is 2.18. The Labute approximate surface area is 115 Å². The van der Waals surface area contributed by atoms with Crippen LogP contribution in [0, 0.1) is 12.7 Å². The van der Waals surface area contributed by atoms with Gasteiger partial charge >= 0.3 is 0 Å². The van der Waals surface area contributed by atoms with E-state index in [0.29, 0.717) is 23.1 Å². The van der Waals surface area contributed by atoms with E-state index in [4.69, 9.17) is 11.6 Å². The van der Waals surface area contributed by atoms with Gasteiger partial charge in [-0.25, -0.2) is 9.37 Å². The summed E-state index contributed by atoms with van der Waals surface area (Å²) in [4.78, 5) is 8.40. The number of fused-ring (bicyclic) bond motifs is 1. The molecule has 0 atom stereocenters. The molecule has 19 heavy (non-hydrogen) atoms. The first-order valence-corrected chi connectivity index (χ1v) is 6.24. The van der Waals surface area contributed by atoms with Gasteiger partial charge in [-0.1, -0.05) is 17.7 Å². The second-order valence-corrected chi connectivity index (χ2v) is 4.82. The van der Waals surface area contributed by atoms with E-state index in [1.54, 1.807) is 0 Å². The quantitative estimate of drug-likeness (QED) is 0.864. The summed E-state index contributed by atoms with van der Waals surface area (Å²) >= 11 is 6.08. The highest BCUT2D eigenvalue weighted by Crippen LogP contribution is 2.23. The van der Waals surface area contributed by atoms with Crippen molar-refractivity contribution in [3.05, 3.63) is 58.1 Å². The van der Waals surface area contributed by atoms with Crippen LogP contribution in [0.3, 0.4) is 0 Å². The van der Waals surface area contributed by atoms with Crippen molar-refractivity contribution in [2.45, 2.75) is 13.5 Å². The van der Waals surface area contributed by atoms with Crippen LogP contribution in [0.5, 0.6) is 0 Å². The number of nitrogens with zero attached hydrogens (tertiary/aromatic N) is 2. The van der Waals surface area contributed by atoms with Gasteiger partial charge in [-0.15, -0.1) is 0 Å². The molecule has 0 saturated carbocycles. The Morgan fingerprint density at radius 3 is 2.95 bits per heavy atom. The van der Waals surface area contributed by atoms with Crippen LogP contribution in [0.2, 0.25) is 5.02 Å². The van der Waals surface area contributed by atoms with Gasteiger partial charge in [0.05, 0.1) is 12.7 Å². The Bertz CT molecular complexity index is 682. The Kier molecular flexibility index (Phi) is 2.95. The zero-order valence-corrected chi connectivity index (χ0v) is 11.0. The lowest BCUT2D eigenvalue weighted by atomic mass is 10.2. The van der Waals surface area contributed by atoms with E-state index >= 15 is 0 Å². The monoisotopic (exact) mass is 275 g/mol. The van der Waals surface area contributed by atoms with Crippen molar-refractivity contribution in [2.75, 3.05) is 5.32 Å². The van der Waals surface area contributed by atoms with Crippen molar-refractivity contribution in [2.24, 2.45) is 4.99 Å². The maximum atomic E-state index is 13.1. The molecule has 3 rings (SSSR count). The minimum Gasteiger partial charge on any atom is -0.339 e. The summed E-state index contributed by atoms with van der Waals surface area (Å²) in [5.41, 5.74) is 3.34. The van der Waals surface area contributed by atoms with Gasteiger partial charge in [0.25, 0.3) is 0 Å². The van der Waals surface area contributed by atoms with E-state index in [0.717, 1.165) is 16.8 Å². The maximum Gasteiger partial charge on any atom is 0.152 e. The van der Waals surface area contributed by atoms with E-state index in [-0.39, 0.29) is 5.82 Å². The number of aliphatic imine (C=N–C) groups is 1. The van der Waals surface area contributed by atoms with E-state index in [1.165, 1.54) is 12.3 Å². The number of hydrogen-bond donors (Lipinski definition) is 1. The number of anilines is 1. The number of pyridine rings is 1. The predicted molar refractivity (Wildman–Crippen MR) is 74.2 cm³/mol. The molecule has 0 spiro atoms. The zero-order chi connectivity index (χ0) is 13.4.